The van der Waals surface area contributed by atoms with Crippen molar-refractivity contribution in [3.63, 3.8) is 0 Å². The van der Waals surface area contributed by atoms with E-state index in [0.29, 0.717) is 12.5 Å². The molecule has 0 amide bonds. The maximum Gasteiger partial charge on any atom is 0.354 e. The summed E-state index contributed by atoms with van der Waals surface area (Å²) in [5, 5.41) is 13.8. The van der Waals surface area contributed by atoms with E-state index in [-0.39, 0.29) is 5.69 Å². The van der Waals surface area contributed by atoms with Gasteiger partial charge in [0, 0.05) is 17.6 Å². The highest BCUT2D eigenvalue weighted by atomic mass is 32.1. The Kier molecular flexibility index (Phi) is 3.66. The zero-order valence-corrected chi connectivity index (χ0v) is 9.78. The first-order chi connectivity index (χ1) is 8.25. The van der Waals surface area contributed by atoms with Gasteiger partial charge in [0.15, 0.2) is 5.69 Å². The number of rotatable bonds is 5. The topological polar surface area (TPSA) is 75.1 Å². The normalized spacial score (nSPS) is 10.1. The Hall–Kier alpha value is -1.95. The van der Waals surface area contributed by atoms with Crippen LogP contribution in [0.1, 0.15) is 15.4 Å². The maximum absolute atomic E-state index is 10.7. The van der Waals surface area contributed by atoms with Crippen LogP contribution in [0.15, 0.2) is 29.8 Å². The zero-order chi connectivity index (χ0) is 12.1. The summed E-state index contributed by atoms with van der Waals surface area (Å²) < 4.78 is 0. The summed E-state index contributed by atoms with van der Waals surface area (Å²) in [6, 6.07) is 5.43. The number of carbonyl (C=O) groups is 1. The van der Waals surface area contributed by atoms with Crippen LogP contribution in [0.25, 0.3) is 0 Å². The van der Waals surface area contributed by atoms with Crippen LogP contribution in [0.4, 0.5) is 5.95 Å². The number of carboxylic acids is 1. The zero-order valence-electron chi connectivity index (χ0n) is 8.96. The second-order valence-electron chi connectivity index (χ2n) is 3.33. The molecule has 5 nitrogen and oxygen atoms in total. The predicted octanol–water partition coefficient (Wildman–Crippen LogP) is 1.89. The number of hydrogen-bond donors (Lipinski definition) is 2. The molecule has 0 aliphatic heterocycles. The molecule has 88 valence electrons. The van der Waals surface area contributed by atoms with E-state index in [1.165, 1.54) is 17.1 Å². The molecule has 2 heterocycles. The molecule has 17 heavy (non-hydrogen) atoms. The van der Waals surface area contributed by atoms with Gasteiger partial charge >= 0.3 is 5.97 Å². The highest BCUT2D eigenvalue weighted by Crippen LogP contribution is 2.09. The molecular weight excluding hydrogens is 238 g/mol. The average Bonchev–Trinajstić information content (AvgIpc) is 2.82. The molecule has 2 rings (SSSR count). The van der Waals surface area contributed by atoms with E-state index in [2.05, 4.69) is 21.4 Å². The van der Waals surface area contributed by atoms with Crippen molar-refractivity contribution in [2.45, 2.75) is 6.42 Å². The lowest BCUT2D eigenvalue weighted by molar-refractivity contribution is 0.0690. The molecule has 0 radical (unpaired) electrons. The number of nitrogens with one attached hydrogen (secondary N) is 1. The Balaban J connectivity index is 1.90. The number of hydrogen-bond acceptors (Lipinski definition) is 5. The predicted molar refractivity (Wildman–Crippen MR) is 65.5 cm³/mol. The molecule has 0 unspecified atom stereocenters. The van der Waals surface area contributed by atoms with E-state index in [0.717, 1.165) is 6.42 Å². The lowest BCUT2D eigenvalue weighted by atomic mass is 10.3. The van der Waals surface area contributed by atoms with Crippen LogP contribution >= 0.6 is 11.3 Å². The smallest absolute Gasteiger partial charge is 0.354 e. The van der Waals surface area contributed by atoms with Gasteiger partial charge < -0.3 is 10.4 Å². The molecule has 6 heteroatoms. The maximum atomic E-state index is 10.7. The molecular formula is C11H11N3O2S. The molecule has 0 aromatic carbocycles. The molecule has 2 aromatic rings. The Bertz CT molecular complexity index is 499. The van der Waals surface area contributed by atoms with Crippen molar-refractivity contribution in [2.75, 3.05) is 11.9 Å². The average molecular weight is 249 g/mol. The van der Waals surface area contributed by atoms with Gasteiger partial charge in [-0.2, -0.15) is 0 Å². The standard InChI is InChI=1S/C11H11N3O2S/c15-10(16)9-4-6-13-11(14-9)12-5-3-8-2-1-7-17-8/h1-2,4,6-7H,3,5H2,(H,15,16)(H,12,13,14). The third-order valence-electron chi connectivity index (χ3n) is 2.11. The molecule has 0 bridgehead atoms. The molecule has 0 aliphatic carbocycles. The van der Waals surface area contributed by atoms with Crippen molar-refractivity contribution in [1.29, 1.82) is 0 Å². The van der Waals surface area contributed by atoms with Crippen molar-refractivity contribution >= 4 is 23.3 Å². The second kappa shape index (κ2) is 5.40. The number of aromatic nitrogens is 2. The number of anilines is 1. The summed E-state index contributed by atoms with van der Waals surface area (Å²) in [6.07, 6.45) is 2.31. The minimum Gasteiger partial charge on any atom is -0.477 e. The first-order valence-corrected chi connectivity index (χ1v) is 5.96. The SMILES string of the molecule is O=C(O)c1ccnc(NCCc2cccs2)n1. The molecule has 0 atom stereocenters. The third-order valence-corrected chi connectivity index (χ3v) is 3.05. The first kappa shape index (κ1) is 11.5. The highest BCUT2D eigenvalue weighted by molar-refractivity contribution is 7.09. The number of carboxylic acid groups (broad SMARTS) is 1. The van der Waals surface area contributed by atoms with Gasteiger partial charge in [0.05, 0.1) is 0 Å². The summed E-state index contributed by atoms with van der Waals surface area (Å²) >= 11 is 1.69. The van der Waals surface area contributed by atoms with Crippen molar-refractivity contribution in [3.8, 4) is 0 Å². The lowest BCUT2D eigenvalue weighted by Gasteiger charge is -2.03. The summed E-state index contributed by atoms with van der Waals surface area (Å²) in [5.41, 5.74) is -0.00127. The van der Waals surface area contributed by atoms with Crippen LogP contribution in [-0.4, -0.2) is 27.6 Å². The number of aromatic carboxylic acids is 1. The summed E-state index contributed by atoms with van der Waals surface area (Å²) in [7, 11) is 0. The largest absolute Gasteiger partial charge is 0.477 e. The van der Waals surface area contributed by atoms with Gasteiger partial charge in [0.2, 0.25) is 5.95 Å². The van der Waals surface area contributed by atoms with Gasteiger partial charge in [-0.15, -0.1) is 11.3 Å². The Morgan fingerprint density at radius 2 is 2.35 bits per heavy atom. The molecule has 0 fully saturated rings. The third kappa shape index (κ3) is 3.25. The summed E-state index contributed by atoms with van der Waals surface area (Å²) in [4.78, 5) is 19.8. The van der Waals surface area contributed by atoms with Crippen LogP contribution < -0.4 is 5.32 Å². The van der Waals surface area contributed by atoms with Gasteiger partial charge in [-0.1, -0.05) is 6.07 Å². The minimum atomic E-state index is -1.05. The molecule has 2 aromatic heterocycles. The quantitative estimate of drug-likeness (QED) is 0.846. The minimum absolute atomic E-state index is 0.00127. The highest BCUT2D eigenvalue weighted by Gasteiger charge is 2.05. The van der Waals surface area contributed by atoms with Gasteiger partial charge in [-0.3, -0.25) is 0 Å². The molecule has 0 saturated heterocycles. The monoisotopic (exact) mass is 249 g/mol. The molecule has 0 aliphatic rings. The van der Waals surface area contributed by atoms with Gasteiger partial charge in [0.1, 0.15) is 0 Å². The fraction of sp³-hybridized carbons (Fsp3) is 0.182. The lowest BCUT2D eigenvalue weighted by Crippen LogP contribution is -2.10. The first-order valence-electron chi connectivity index (χ1n) is 5.08. The summed E-state index contributed by atoms with van der Waals surface area (Å²) in [5.74, 6) is -0.699. The van der Waals surface area contributed by atoms with E-state index in [4.69, 9.17) is 5.11 Å². The molecule has 0 spiro atoms. The van der Waals surface area contributed by atoms with E-state index >= 15 is 0 Å². The number of thiophene rings is 1. The fourth-order valence-electron chi connectivity index (χ4n) is 1.32. The van der Waals surface area contributed by atoms with Crippen LogP contribution in [0.2, 0.25) is 0 Å². The second-order valence-corrected chi connectivity index (χ2v) is 4.36. The molecule has 0 saturated carbocycles. The number of nitrogens with zero attached hydrogens (tertiary/aromatic N) is 2. The van der Waals surface area contributed by atoms with E-state index < -0.39 is 5.97 Å². The van der Waals surface area contributed by atoms with Crippen LogP contribution in [0.3, 0.4) is 0 Å². The van der Waals surface area contributed by atoms with Gasteiger partial charge in [-0.05, 0) is 23.9 Å². The van der Waals surface area contributed by atoms with E-state index in [1.807, 2.05) is 11.4 Å². The van der Waals surface area contributed by atoms with Crippen molar-refractivity contribution in [3.05, 3.63) is 40.3 Å². The van der Waals surface area contributed by atoms with Crippen molar-refractivity contribution < 1.29 is 9.90 Å². The van der Waals surface area contributed by atoms with Crippen molar-refractivity contribution in [1.82, 2.24) is 9.97 Å². The summed E-state index contributed by atoms with van der Waals surface area (Å²) in [6.45, 7) is 0.684. The Labute approximate surface area is 102 Å². The Morgan fingerprint density at radius 3 is 3.06 bits per heavy atom. The van der Waals surface area contributed by atoms with Crippen molar-refractivity contribution in [2.24, 2.45) is 0 Å². The van der Waals surface area contributed by atoms with Gasteiger partial charge in [0.25, 0.3) is 0 Å². The fourth-order valence-corrected chi connectivity index (χ4v) is 2.02. The Morgan fingerprint density at radius 1 is 1.47 bits per heavy atom. The van der Waals surface area contributed by atoms with Crippen LogP contribution in [-0.2, 0) is 6.42 Å². The van der Waals surface area contributed by atoms with E-state index in [9.17, 15) is 4.79 Å². The van der Waals surface area contributed by atoms with E-state index in [1.54, 1.807) is 11.3 Å². The van der Waals surface area contributed by atoms with Crippen LogP contribution in [0, 0.1) is 0 Å². The van der Waals surface area contributed by atoms with Crippen LogP contribution in [0.5, 0.6) is 0 Å². The molecule has 2 N–H and O–H groups in total. The van der Waals surface area contributed by atoms with Gasteiger partial charge in [-0.25, -0.2) is 14.8 Å².